The van der Waals surface area contributed by atoms with E-state index in [1.807, 2.05) is 61.7 Å². The van der Waals surface area contributed by atoms with Gasteiger partial charge in [0.2, 0.25) is 5.91 Å². The van der Waals surface area contributed by atoms with Gasteiger partial charge in [0, 0.05) is 55.2 Å². The number of aromatic nitrogens is 3. The summed E-state index contributed by atoms with van der Waals surface area (Å²) >= 11 is 5.83. The molecule has 1 saturated heterocycles. The van der Waals surface area contributed by atoms with Crippen molar-refractivity contribution in [2.75, 3.05) is 11.9 Å². The van der Waals surface area contributed by atoms with Crippen LogP contribution in [-0.2, 0) is 11.3 Å². The predicted octanol–water partition coefficient (Wildman–Crippen LogP) is 5.25. The second kappa shape index (κ2) is 11.1. The van der Waals surface area contributed by atoms with Gasteiger partial charge in [-0.25, -0.2) is 0 Å². The summed E-state index contributed by atoms with van der Waals surface area (Å²) in [7, 11) is 0. The van der Waals surface area contributed by atoms with Crippen LogP contribution >= 0.6 is 12.2 Å². The first-order valence-corrected chi connectivity index (χ1v) is 13.2. The number of carbonyl (C=O) groups excluding carboxylic acids is 1. The molecule has 0 aliphatic carbocycles. The van der Waals surface area contributed by atoms with Crippen LogP contribution in [0, 0.1) is 20.8 Å². The second-order valence-electron chi connectivity index (χ2n) is 9.71. The highest BCUT2D eigenvalue weighted by Crippen LogP contribution is 2.41. The normalized spacial score (nSPS) is 16.9. The molecule has 1 amide bonds. The summed E-state index contributed by atoms with van der Waals surface area (Å²) in [6.45, 7) is 7.50. The third kappa shape index (κ3) is 5.31. The molecule has 38 heavy (non-hydrogen) atoms. The van der Waals surface area contributed by atoms with E-state index >= 15 is 0 Å². The Kier molecular flexibility index (Phi) is 7.51. The van der Waals surface area contributed by atoms with Gasteiger partial charge in [-0.1, -0.05) is 30.3 Å². The van der Waals surface area contributed by atoms with E-state index in [0.29, 0.717) is 18.1 Å². The van der Waals surface area contributed by atoms with Gasteiger partial charge < -0.3 is 20.1 Å². The van der Waals surface area contributed by atoms with E-state index in [9.17, 15) is 4.79 Å². The topological polar surface area (TPSA) is 75.1 Å². The third-order valence-corrected chi connectivity index (χ3v) is 7.54. The Balaban J connectivity index is 1.43. The van der Waals surface area contributed by atoms with E-state index in [-0.39, 0.29) is 18.0 Å². The largest absolute Gasteiger partial charge is 0.352 e. The Morgan fingerprint density at radius 2 is 1.87 bits per heavy atom. The van der Waals surface area contributed by atoms with Gasteiger partial charge in [0.15, 0.2) is 5.11 Å². The number of benzene rings is 1. The first-order valence-electron chi connectivity index (χ1n) is 12.8. The zero-order valence-corrected chi connectivity index (χ0v) is 22.7. The maximum absolute atomic E-state index is 12.9. The van der Waals surface area contributed by atoms with E-state index in [1.165, 1.54) is 5.56 Å². The number of nitrogens with one attached hydrogen (secondary N) is 2. The molecule has 1 fully saturated rings. The molecule has 0 spiro atoms. The lowest BCUT2D eigenvalue weighted by Crippen LogP contribution is -2.33. The van der Waals surface area contributed by atoms with Crippen LogP contribution in [-0.4, -0.2) is 37.0 Å². The molecule has 0 bridgehead atoms. The molecular weight excluding hydrogens is 492 g/mol. The molecule has 1 aliphatic rings. The van der Waals surface area contributed by atoms with E-state index in [1.54, 1.807) is 12.4 Å². The van der Waals surface area contributed by atoms with Gasteiger partial charge in [0.1, 0.15) is 0 Å². The molecule has 1 aromatic carbocycles. The number of carbonyl (C=O) groups is 1. The number of hydrogen-bond donors (Lipinski definition) is 2. The molecule has 5 rings (SSSR count). The molecule has 3 aromatic heterocycles. The van der Waals surface area contributed by atoms with Crippen LogP contribution in [0.5, 0.6) is 0 Å². The minimum Gasteiger partial charge on any atom is -0.352 e. The van der Waals surface area contributed by atoms with Crippen molar-refractivity contribution in [1.29, 1.82) is 0 Å². The zero-order valence-electron chi connectivity index (χ0n) is 21.9. The maximum atomic E-state index is 12.9. The molecular formula is C30H32N6OS. The average Bonchev–Trinajstić information content (AvgIpc) is 3.40. The molecule has 2 unspecified atom stereocenters. The molecule has 194 valence electrons. The van der Waals surface area contributed by atoms with Crippen molar-refractivity contribution >= 4 is 28.9 Å². The molecule has 0 radical (unpaired) electrons. The van der Waals surface area contributed by atoms with Crippen LogP contribution in [0.25, 0.3) is 0 Å². The zero-order chi connectivity index (χ0) is 26.6. The Hall–Kier alpha value is -4.04. The minimum atomic E-state index is -0.129. The SMILES string of the molecule is Cc1ccccc1NC(=O)CCN1C(=S)NC(c2ccccn2)C1c1cc(C)n(Cc2cccnc2)c1C. The molecule has 2 N–H and O–H groups in total. The van der Waals surface area contributed by atoms with Crippen LogP contribution in [0.4, 0.5) is 5.69 Å². The van der Waals surface area contributed by atoms with E-state index in [4.69, 9.17) is 12.2 Å². The van der Waals surface area contributed by atoms with Crippen molar-refractivity contribution in [2.45, 2.75) is 45.8 Å². The fourth-order valence-electron chi connectivity index (χ4n) is 5.18. The average molecular weight is 525 g/mol. The quantitative estimate of drug-likeness (QED) is 0.307. The number of anilines is 1. The Bertz CT molecular complexity index is 1440. The molecule has 7 nitrogen and oxygen atoms in total. The monoisotopic (exact) mass is 524 g/mol. The number of nitrogens with zero attached hydrogens (tertiary/aromatic N) is 4. The third-order valence-electron chi connectivity index (χ3n) is 7.19. The summed E-state index contributed by atoms with van der Waals surface area (Å²) in [5, 5.41) is 7.18. The van der Waals surface area contributed by atoms with Crippen LogP contribution in [0.2, 0.25) is 0 Å². The summed E-state index contributed by atoms with van der Waals surface area (Å²) in [5.74, 6) is -0.0378. The Labute approximate surface area is 228 Å². The number of pyridine rings is 2. The van der Waals surface area contributed by atoms with Crippen molar-refractivity contribution in [3.05, 3.63) is 113 Å². The second-order valence-corrected chi connectivity index (χ2v) is 10.1. The van der Waals surface area contributed by atoms with Gasteiger partial charge in [0.25, 0.3) is 0 Å². The lowest BCUT2D eigenvalue weighted by atomic mass is 9.96. The number of para-hydroxylation sites is 1. The van der Waals surface area contributed by atoms with Crippen molar-refractivity contribution in [3.8, 4) is 0 Å². The lowest BCUT2D eigenvalue weighted by molar-refractivity contribution is -0.116. The highest BCUT2D eigenvalue weighted by atomic mass is 32.1. The van der Waals surface area contributed by atoms with E-state index in [2.05, 4.69) is 56.0 Å². The number of amides is 1. The molecule has 4 aromatic rings. The summed E-state index contributed by atoms with van der Waals surface area (Å²) in [6.07, 6.45) is 5.82. The fourth-order valence-corrected chi connectivity index (χ4v) is 5.51. The van der Waals surface area contributed by atoms with Gasteiger partial charge in [-0.05, 0) is 80.0 Å². The predicted molar refractivity (Wildman–Crippen MR) is 154 cm³/mol. The summed E-state index contributed by atoms with van der Waals surface area (Å²) in [5.41, 5.74) is 7.44. The molecule has 0 saturated carbocycles. The number of hydrogen-bond acceptors (Lipinski definition) is 4. The highest BCUT2D eigenvalue weighted by Gasteiger charge is 2.41. The number of aryl methyl sites for hydroxylation is 2. The van der Waals surface area contributed by atoms with Crippen molar-refractivity contribution in [1.82, 2.24) is 24.8 Å². The highest BCUT2D eigenvalue weighted by molar-refractivity contribution is 7.80. The first kappa shape index (κ1) is 25.6. The van der Waals surface area contributed by atoms with Gasteiger partial charge in [-0.3, -0.25) is 14.8 Å². The molecule has 4 heterocycles. The molecule has 8 heteroatoms. The summed E-state index contributed by atoms with van der Waals surface area (Å²) in [6, 6.07) is 19.8. The molecule has 1 aliphatic heterocycles. The maximum Gasteiger partial charge on any atom is 0.226 e. The van der Waals surface area contributed by atoms with Crippen molar-refractivity contribution < 1.29 is 4.79 Å². The first-order chi connectivity index (χ1) is 18.4. The Morgan fingerprint density at radius 3 is 2.61 bits per heavy atom. The van der Waals surface area contributed by atoms with Crippen molar-refractivity contribution in [3.63, 3.8) is 0 Å². The van der Waals surface area contributed by atoms with Gasteiger partial charge >= 0.3 is 0 Å². The van der Waals surface area contributed by atoms with Gasteiger partial charge in [0.05, 0.1) is 17.8 Å². The lowest BCUT2D eigenvalue weighted by Gasteiger charge is -2.28. The van der Waals surface area contributed by atoms with Crippen LogP contribution in [0.3, 0.4) is 0 Å². The standard InChI is InChI=1S/C30H32N6OS/c1-20-9-4-5-11-25(20)33-27(37)13-16-35-29(28(34-30(35)38)26-12-6-7-15-32-26)24-17-21(2)36(22(24)3)19-23-10-8-14-31-18-23/h4-12,14-15,17-18,28-29H,13,16,19H2,1-3H3,(H,33,37)(H,34,38). The van der Waals surface area contributed by atoms with Crippen LogP contribution in [0.1, 0.15) is 52.3 Å². The van der Waals surface area contributed by atoms with Crippen LogP contribution in [0.15, 0.2) is 79.3 Å². The van der Waals surface area contributed by atoms with Crippen LogP contribution < -0.4 is 10.6 Å². The fraction of sp³-hybridized carbons (Fsp3) is 0.267. The molecule has 2 atom stereocenters. The Morgan fingerprint density at radius 1 is 1.05 bits per heavy atom. The summed E-state index contributed by atoms with van der Waals surface area (Å²) in [4.78, 5) is 24.0. The number of rotatable bonds is 8. The van der Waals surface area contributed by atoms with Crippen molar-refractivity contribution in [2.24, 2.45) is 0 Å². The smallest absolute Gasteiger partial charge is 0.226 e. The number of thiocarbonyl (C=S) groups is 1. The summed E-state index contributed by atoms with van der Waals surface area (Å²) < 4.78 is 2.31. The van der Waals surface area contributed by atoms with Gasteiger partial charge in [-0.15, -0.1) is 0 Å². The van der Waals surface area contributed by atoms with E-state index in [0.717, 1.165) is 40.4 Å². The van der Waals surface area contributed by atoms with E-state index < -0.39 is 0 Å². The minimum absolute atomic E-state index is 0.0378. The van der Waals surface area contributed by atoms with Gasteiger partial charge in [-0.2, -0.15) is 0 Å².